The molecule has 0 spiro atoms. The Labute approximate surface area is 83.5 Å². The van der Waals surface area contributed by atoms with Gasteiger partial charge in [0.25, 0.3) is 0 Å². The van der Waals surface area contributed by atoms with Crippen LogP contribution >= 0.6 is 0 Å². The molecule has 1 aliphatic rings. The first-order chi connectivity index (χ1) is 7.00. The monoisotopic (exact) mass is 216 g/mol. The maximum absolute atomic E-state index is 12.5. The Morgan fingerprint density at radius 2 is 2.07 bits per heavy atom. The van der Waals surface area contributed by atoms with Crippen molar-refractivity contribution in [3.05, 3.63) is 24.0 Å². The van der Waals surface area contributed by atoms with Crippen molar-refractivity contribution in [1.29, 1.82) is 0 Å². The molecular formula is C9H7F3N2O. The summed E-state index contributed by atoms with van der Waals surface area (Å²) in [4.78, 5) is 14.9. The van der Waals surface area contributed by atoms with E-state index in [0.717, 1.165) is 0 Å². The van der Waals surface area contributed by atoms with E-state index in [2.05, 4.69) is 4.98 Å². The molecule has 15 heavy (non-hydrogen) atoms. The van der Waals surface area contributed by atoms with Crippen molar-refractivity contribution in [2.75, 3.05) is 4.90 Å². The van der Waals surface area contributed by atoms with Crippen LogP contribution in [0.25, 0.3) is 0 Å². The first-order valence-corrected chi connectivity index (χ1v) is 4.34. The molecule has 1 aromatic heterocycles. The minimum Gasteiger partial charge on any atom is -0.274 e. The predicted molar refractivity (Wildman–Crippen MR) is 46.1 cm³/mol. The summed E-state index contributed by atoms with van der Waals surface area (Å²) in [6.45, 7) is 0. The highest BCUT2D eigenvalue weighted by atomic mass is 19.4. The summed E-state index contributed by atoms with van der Waals surface area (Å²) in [6, 6.07) is 2.64. The molecule has 1 aromatic rings. The van der Waals surface area contributed by atoms with E-state index in [-0.39, 0.29) is 23.4 Å². The number of hydrogen-bond donors (Lipinski definition) is 0. The largest absolute Gasteiger partial charge is 0.491 e. The second-order valence-corrected chi connectivity index (χ2v) is 3.17. The van der Waals surface area contributed by atoms with Crippen LogP contribution in [0.5, 0.6) is 0 Å². The van der Waals surface area contributed by atoms with Gasteiger partial charge < -0.3 is 0 Å². The normalized spacial score (nSPS) is 16.5. The van der Waals surface area contributed by atoms with Crippen LogP contribution in [0.2, 0.25) is 0 Å². The number of carbonyl (C=O) groups is 1. The van der Waals surface area contributed by atoms with Gasteiger partial charge in [-0.05, 0) is 12.1 Å². The molecule has 0 atom stereocenters. The molecule has 1 amide bonds. The van der Waals surface area contributed by atoms with E-state index in [1.807, 2.05) is 0 Å². The molecular weight excluding hydrogens is 209 g/mol. The van der Waals surface area contributed by atoms with Gasteiger partial charge in [-0.3, -0.25) is 9.78 Å². The molecule has 2 rings (SSSR count). The van der Waals surface area contributed by atoms with E-state index in [1.165, 1.54) is 18.3 Å². The van der Waals surface area contributed by atoms with Gasteiger partial charge in [-0.2, -0.15) is 0 Å². The first-order valence-electron chi connectivity index (χ1n) is 4.34. The molecule has 3 nitrogen and oxygen atoms in total. The molecule has 0 N–H and O–H groups in total. The van der Waals surface area contributed by atoms with Gasteiger partial charge in [0.15, 0.2) is 0 Å². The van der Waals surface area contributed by atoms with Crippen LogP contribution in [0.4, 0.5) is 18.9 Å². The lowest BCUT2D eigenvalue weighted by Gasteiger charge is -2.29. The van der Waals surface area contributed by atoms with Crippen molar-refractivity contribution in [3.8, 4) is 0 Å². The van der Waals surface area contributed by atoms with E-state index in [9.17, 15) is 18.0 Å². The number of aryl methyl sites for hydroxylation is 1. The summed E-state index contributed by atoms with van der Waals surface area (Å²) >= 11 is 0. The van der Waals surface area contributed by atoms with E-state index in [4.69, 9.17) is 0 Å². The van der Waals surface area contributed by atoms with Gasteiger partial charge in [-0.25, -0.2) is 4.90 Å². The van der Waals surface area contributed by atoms with Crippen molar-refractivity contribution in [2.45, 2.75) is 19.1 Å². The first kappa shape index (κ1) is 9.95. The number of nitrogens with zero attached hydrogens (tertiary/aromatic N) is 2. The van der Waals surface area contributed by atoms with E-state index >= 15 is 0 Å². The van der Waals surface area contributed by atoms with E-state index in [1.54, 1.807) is 0 Å². The smallest absolute Gasteiger partial charge is 0.274 e. The molecule has 0 unspecified atom stereocenters. The minimum absolute atomic E-state index is 0.140. The van der Waals surface area contributed by atoms with Crippen LogP contribution in [0.1, 0.15) is 12.1 Å². The third kappa shape index (κ3) is 1.67. The fourth-order valence-corrected chi connectivity index (χ4v) is 1.58. The Balaban J connectivity index is 2.51. The minimum atomic E-state index is -4.67. The zero-order valence-corrected chi connectivity index (χ0v) is 7.58. The van der Waals surface area contributed by atoms with Gasteiger partial charge in [0.05, 0.1) is 11.4 Å². The standard InChI is InChI=1S/C9H7F3N2O/c10-9(11,12)14-7-2-1-5-13-6(7)3-4-8(14)15/h1-2,5H,3-4H2. The molecule has 0 aromatic carbocycles. The van der Waals surface area contributed by atoms with Gasteiger partial charge in [0, 0.05) is 19.0 Å². The topological polar surface area (TPSA) is 33.2 Å². The lowest BCUT2D eigenvalue weighted by Crippen LogP contribution is -2.45. The number of aromatic nitrogens is 1. The molecule has 0 aliphatic carbocycles. The molecule has 1 aliphatic heterocycles. The number of rotatable bonds is 0. The Morgan fingerprint density at radius 3 is 2.73 bits per heavy atom. The van der Waals surface area contributed by atoms with Crippen molar-refractivity contribution in [1.82, 2.24) is 4.98 Å². The number of pyridine rings is 1. The molecule has 6 heteroatoms. The summed E-state index contributed by atoms with van der Waals surface area (Å²) < 4.78 is 37.6. The maximum Gasteiger partial charge on any atom is 0.491 e. The highest BCUT2D eigenvalue weighted by Crippen LogP contribution is 2.34. The molecule has 0 radical (unpaired) electrons. The van der Waals surface area contributed by atoms with Crippen molar-refractivity contribution < 1.29 is 18.0 Å². The van der Waals surface area contributed by atoms with Crippen LogP contribution in [0.3, 0.4) is 0 Å². The summed E-state index contributed by atoms with van der Waals surface area (Å²) in [5.41, 5.74) is 0.163. The molecule has 0 bridgehead atoms. The number of alkyl halides is 3. The van der Waals surface area contributed by atoms with Crippen LogP contribution in [-0.4, -0.2) is 17.2 Å². The van der Waals surface area contributed by atoms with Gasteiger partial charge in [0.1, 0.15) is 0 Å². The summed E-state index contributed by atoms with van der Waals surface area (Å²) in [5.74, 6) is -0.928. The number of anilines is 1. The van der Waals surface area contributed by atoms with Crippen LogP contribution in [-0.2, 0) is 11.2 Å². The average molecular weight is 216 g/mol. The molecule has 2 heterocycles. The van der Waals surface area contributed by atoms with E-state index < -0.39 is 12.2 Å². The second kappa shape index (κ2) is 3.22. The predicted octanol–water partition coefficient (Wildman–Crippen LogP) is 1.88. The molecule has 0 saturated carbocycles. The Hall–Kier alpha value is -1.59. The van der Waals surface area contributed by atoms with Gasteiger partial charge in [-0.1, -0.05) is 0 Å². The molecule has 0 saturated heterocycles. The number of amides is 1. The number of fused-ring (bicyclic) bond motifs is 1. The molecule has 0 fully saturated rings. The number of halogens is 3. The Bertz CT molecular complexity index is 403. The Morgan fingerprint density at radius 1 is 1.33 bits per heavy atom. The van der Waals surface area contributed by atoms with Gasteiger partial charge >= 0.3 is 6.30 Å². The highest BCUT2D eigenvalue weighted by Gasteiger charge is 2.44. The second-order valence-electron chi connectivity index (χ2n) is 3.17. The maximum atomic E-state index is 12.5. The highest BCUT2D eigenvalue weighted by molar-refractivity contribution is 5.96. The summed E-state index contributed by atoms with van der Waals surface area (Å²) in [7, 11) is 0. The quantitative estimate of drug-likeness (QED) is 0.620. The summed E-state index contributed by atoms with van der Waals surface area (Å²) in [6.07, 6.45) is -3.14. The van der Waals surface area contributed by atoms with Gasteiger partial charge in [-0.15, -0.1) is 13.2 Å². The zero-order valence-electron chi connectivity index (χ0n) is 7.58. The lowest BCUT2D eigenvalue weighted by molar-refractivity contribution is -0.150. The third-order valence-electron chi connectivity index (χ3n) is 2.19. The van der Waals surface area contributed by atoms with Crippen LogP contribution in [0.15, 0.2) is 18.3 Å². The zero-order chi connectivity index (χ0) is 11.1. The van der Waals surface area contributed by atoms with Crippen LogP contribution < -0.4 is 4.90 Å². The van der Waals surface area contributed by atoms with Crippen molar-refractivity contribution in [2.24, 2.45) is 0 Å². The van der Waals surface area contributed by atoms with E-state index in [0.29, 0.717) is 5.69 Å². The van der Waals surface area contributed by atoms with Crippen molar-refractivity contribution >= 4 is 11.6 Å². The fraction of sp³-hybridized carbons (Fsp3) is 0.333. The average Bonchev–Trinajstić information content (AvgIpc) is 2.15. The summed E-state index contributed by atoms with van der Waals surface area (Å²) in [5, 5.41) is 0. The van der Waals surface area contributed by atoms with Crippen molar-refractivity contribution in [3.63, 3.8) is 0 Å². The SMILES string of the molecule is O=C1CCc2ncccc2N1C(F)(F)F. The number of carbonyl (C=O) groups excluding carboxylic acids is 1. The Kier molecular flexibility index (Phi) is 2.13. The fourth-order valence-electron chi connectivity index (χ4n) is 1.58. The lowest BCUT2D eigenvalue weighted by atomic mass is 10.1. The third-order valence-corrected chi connectivity index (χ3v) is 2.19. The molecule has 80 valence electrons. The number of hydrogen-bond acceptors (Lipinski definition) is 2. The van der Waals surface area contributed by atoms with Gasteiger partial charge in [0.2, 0.25) is 5.91 Å². The van der Waals surface area contributed by atoms with Crippen LogP contribution in [0, 0.1) is 0 Å².